The molecule has 0 aromatic heterocycles. The van der Waals surface area contributed by atoms with E-state index in [2.05, 4.69) is 0 Å². The lowest BCUT2D eigenvalue weighted by atomic mass is 9.44. The van der Waals surface area contributed by atoms with Gasteiger partial charge in [0.2, 0.25) is 0 Å². The fourth-order valence-corrected chi connectivity index (χ4v) is 7.41. The highest BCUT2D eigenvalue weighted by molar-refractivity contribution is 6.29. The highest BCUT2D eigenvalue weighted by Crippen LogP contribution is 2.70. The zero-order valence-electron chi connectivity index (χ0n) is 18.6. The van der Waals surface area contributed by atoms with Crippen molar-refractivity contribution in [1.82, 2.24) is 0 Å². The first-order chi connectivity index (χ1) is 14.9. The Morgan fingerprint density at radius 3 is 2.62 bits per heavy atom. The molecular formula is C24H30ClFO6. The molecule has 4 aliphatic carbocycles. The quantitative estimate of drug-likeness (QED) is 0.601. The minimum Gasteiger partial charge on any atom is -0.390 e. The molecule has 1 unspecified atom stereocenters. The van der Waals surface area contributed by atoms with Crippen molar-refractivity contribution < 1.29 is 33.7 Å². The fraction of sp³-hybridized carbons (Fsp3) is 0.708. The Morgan fingerprint density at radius 2 is 2.00 bits per heavy atom. The molecule has 0 bridgehead atoms. The molecule has 8 atom stereocenters. The van der Waals surface area contributed by atoms with Gasteiger partial charge in [-0.25, -0.2) is 4.39 Å². The molecular weight excluding hydrogens is 439 g/mol. The van der Waals surface area contributed by atoms with E-state index in [4.69, 9.17) is 16.3 Å². The van der Waals surface area contributed by atoms with E-state index in [1.807, 2.05) is 0 Å². The van der Waals surface area contributed by atoms with Crippen molar-refractivity contribution in [2.75, 3.05) is 12.5 Å². The molecule has 3 fully saturated rings. The van der Waals surface area contributed by atoms with Crippen molar-refractivity contribution in [3.8, 4) is 0 Å². The van der Waals surface area contributed by atoms with Crippen LogP contribution in [0.15, 0.2) is 23.8 Å². The summed E-state index contributed by atoms with van der Waals surface area (Å²) in [6.45, 7) is 4.45. The standard InChI is InChI=1S/C24H30ClFO6/c1-13(27)12-32-20-9-17-16-5-4-14-8-15(28)6-7-21(14,2)23(16,26)18(29)10-22(17,3)24(20,31)19(30)11-25/h6-8,16-18,20,29,31H,4-5,9-12H2,1-3H3/t16-,17-,18-,20+,21-,22-,23?,24+/m0/s1. The summed E-state index contributed by atoms with van der Waals surface area (Å²) in [4.78, 5) is 36.4. The van der Waals surface area contributed by atoms with Gasteiger partial charge in [0.1, 0.15) is 6.61 Å². The topological polar surface area (TPSA) is 101 Å². The molecule has 176 valence electrons. The first kappa shape index (κ1) is 23.7. The Hall–Kier alpha value is -1.41. The zero-order valence-corrected chi connectivity index (χ0v) is 19.3. The largest absolute Gasteiger partial charge is 0.390 e. The minimum absolute atomic E-state index is 0.170. The molecule has 8 heteroatoms. The van der Waals surface area contributed by atoms with Crippen molar-refractivity contribution in [3.63, 3.8) is 0 Å². The van der Waals surface area contributed by atoms with Gasteiger partial charge in [-0.05, 0) is 57.6 Å². The van der Waals surface area contributed by atoms with Crippen molar-refractivity contribution in [1.29, 1.82) is 0 Å². The number of ether oxygens (including phenoxy) is 1. The molecule has 6 nitrogen and oxygen atoms in total. The number of ketones is 3. The lowest BCUT2D eigenvalue weighted by Gasteiger charge is -2.62. The summed E-state index contributed by atoms with van der Waals surface area (Å²) in [7, 11) is 0. The number of Topliss-reactive ketones (excluding diaryl/α,β-unsaturated/α-hetero) is 2. The Morgan fingerprint density at radius 1 is 1.31 bits per heavy atom. The first-order valence-corrected chi connectivity index (χ1v) is 11.6. The van der Waals surface area contributed by atoms with Gasteiger partial charge < -0.3 is 14.9 Å². The summed E-state index contributed by atoms with van der Waals surface area (Å²) in [5.41, 5.74) is -5.84. The van der Waals surface area contributed by atoms with Gasteiger partial charge in [-0.2, -0.15) is 0 Å². The van der Waals surface area contributed by atoms with Gasteiger partial charge in [0, 0.05) is 16.7 Å². The molecule has 0 aromatic rings. The third-order valence-electron chi connectivity index (χ3n) is 8.87. The van der Waals surface area contributed by atoms with Gasteiger partial charge in [0.05, 0.1) is 18.1 Å². The van der Waals surface area contributed by atoms with E-state index in [0.717, 1.165) is 0 Å². The summed E-state index contributed by atoms with van der Waals surface area (Å²) >= 11 is 5.85. The average molecular weight is 469 g/mol. The number of aliphatic hydroxyl groups excluding tert-OH is 1. The van der Waals surface area contributed by atoms with Crippen LogP contribution >= 0.6 is 11.6 Å². The Labute approximate surface area is 191 Å². The highest BCUT2D eigenvalue weighted by Gasteiger charge is 2.76. The smallest absolute Gasteiger partial charge is 0.182 e. The number of rotatable bonds is 5. The Kier molecular flexibility index (Phi) is 5.60. The summed E-state index contributed by atoms with van der Waals surface area (Å²) in [5, 5.41) is 23.0. The van der Waals surface area contributed by atoms with E-state index in [1.54, 1.807) is 19.9 Å². The van der Waals surface area contributed by atoms with Crippen LogP contribution in [0.1, 0.15) is 46.5 Å². The van der Waals surface area contributed by atoms with E-state index in [-0.39, 0.29) is 31.0 Å². The van der Waals surface area contributed by atoms with Crippen LogP contribution in [-0.2, 0) is 19.1 Å². The van der Waals surface area contributed by atoms with Crippen LogP contribution in [0.25, 0.3) is 0 Å². The number of allylic oxidation sites excluding steroid dienone is 4. The molecule has 0 heterocycles. The van der Waals surface area contributed by atoms with Crippen molar-refractivity contribution in [3.05, 3.63) is 23.8 Å². The second-order valence-corrected chi connectivity index (χ2v) is 10.6. The lowest BCUT2D eigenvalue weighted by Crippen LogP contribution is -2.69. The number of hydrogen-bond donors (Lipinski definition) is 2. The maximum Gasteiger partial charge on any atom is 0.182 e. The number of fused-ring (bicyclic) bond motifs is 5. The second-order valence-electron chi connectivity index (χ2n) is 10.3. The van der Waals surface area contributed by atoms with Crippen LogP contribution in [0.2, 0.25) is 0 Å². The van der Waals surface area contributed by atoms with Crippen LogP contribution < -0.4 is 0 Å². The normalized spacial score (nSPS) is 47.3. The van der Waals surface area contributed by atoms with Crippen LogP contribution in [-0.4, -0.2) is 63.5 Å². The molecule has 3 saturated carbocycles. The van der Waals surface area contributed by atoms with Crippen molar-refractivity contribution in [2.45, 2.75) is 69.9 Å². The van der Waals surface area contributed by atoms with Gasteiger partial charge in [0.25, 0.3) is 0 Å². The second kappa shape index (κ2) is 7.55. The van der Waals surface area contributed by atoms with E-state index in [1.165, 1.54) is 19.1 Å². The summed E-state index contributed by atoms with van der Waals surface area (Å²) in [5.74, 6) is -2.75. The van der Waals surface area contributed by atoms with E-state index < -0.39 is 57.8 Å². The molecule has 0 aliphatic heterocycles. The van der Waals surface area contributed by atoms with Gasteiger partial charge >= 0.3 is 0 Å². The molecule has 4 aliphatic rings. The van der Waals surface area contributed by atoms with Gasteiger partial charge in [-0.1, -0.05) is 18.6 Å². The molecule has 2 N–H and O–H groups in total. The summed E-state index contributed by atoms with van der Waals surface area (Å²) in [6.07, 6.45) is 2.67. The monoisotopic (exact) mass is 468 g/mol. The predicted octanol–water partition coefficient (Wildman–Crippen LogP) is 2.48. The molecule has 0 radical (unpaired) electrons. The fourth-order valence-electron chi connectivity index (χ4n) is 7.21. The molecule has 0 amide bonds. The number of carbonyl (C=O) groups is 3. The number of aliphatic hydroxyl groups is 2. The predicted molar refractivity (Wildman–Crippen MR) is 115 cm³/mol. The van der Waals surface area contributed by atoms with Crippen LogP contribution in [0, 0.1) is 22.7 Å². The SMILES string of the molecule is CC(=O)CO[C@@H]1C[C@H]2[C@@H]3CCC4=CC(=O)C=C[C@]4(C)C3(F)[C@@H](O)C[C@]2(C)[C@@]1(O)C(=O)CCl. The van der Waals surface area contributed by atoms with Crippen molar-refractivity contribution >= 4 is 29.0 Å². The van der Waals surface area contributed by atoms with E-state index >= 15 is 4.39 Å². The van der Waals surface area contributed by atoms with E-state index in [0.29, 0.717) is 18.4 Å². The highest BCUT2D eigenvalue weighted by atomic mass is 35.5. The lowest BCUT2D eigenvalue weighted by molar-refractivity contribution is -0.222. The number of hydrogen-bond acceptors (Lipinski definition) is 6. The molecule has 4 rings (SSSR count). The maximum absolute atomic E-state index is 17.1. The zero-order chi connectivity index (χ0) is 23.7. The van der Waals surface area contributed by atoms with Gasteiger partial charge in [-0.3, -0.25) is 14.4 Å². The van der Waals surface area contributed by atoms with Crippen molar-refractivity contribution in [2.24, 2.45) is 22.7 Å². The van der Waals surface area contributed by atoms with Crippen LogP contribution in [0.5, 0.6) is 0 Å². The molecule has 0 spiro atoms. The summed E-state index contributed by atoms with van der Waals surface area (Å²) < 4.78 is 22.8. The maximum atomic E-state index is 17.1. The summed E-state index contributed by atoms with van der Waals surface area (Å²) in [6, 6.07) is 0. The Bertz CT molecular complexity index is 931. The third-order valence-corrected chi connectivity index (χ3v) is 9.11. The van der Waals surface area contributed by atoms with Gasteiger partial charge in [-0.15, -0.1) is 11.6 Å². The Balaban J connectivity index is 1.81. The number of halogens is 2. The first-order valence-electron chi connectivity index (χ1n) is 11.1. The molecule has 32 heavy (non-hydrogen) atoms. The average Bonchev–Trinajstić information content (AvgIpc) is 2.95. The van der Waals surface area contributed by atoms with Gasteiger partial charge in [0.15, 0.2) is 28.6 Å². The third kappa shape index (κ3) is 2.84. The van der Waals surface area contributed by atoms with E-state index in [9.17, 15) is 24.6 Å². The minimum atomic E-state index is -2.08. The number of carbonyl (C=O) groups excluding carboxylic acids is 3. The molecule has 0 aromatic carbocycles. The number of alkyl halides is 2. The van der Waals surface area contributed by atoms with Crippen LogP contribution in [0.4, 0.5) is 4.39 Å². The molecule has 0 saturated heterocycles. The van der Waals surface area contributed by atoms with Crippen LogP contribution in [0.3, 0.4) is 0 Å².